The normalized spacial score (nSPS) is 10.8. The molecule has 0 atom stereocenters. The summed E-state index contributed by atoms with van der Waals surface area (Å²) in [4.78, 5) is 13.3. The number of esters is 1. The highest BCUT2D eigenvalue weighted by Gasteiger charge is 2.13. The van der Waals surface area contributed by atoms with Crippen molar-refractivity contribution in [1.82, 2.24) is 4.90 Å². The summed E-state index contributed by atoms with van der Waals surface area (Å²) in [5.41, 5.74) is 0. The van der Waals surface area contributed by atoms with Gasteiger partial charge in [0.15, 0.2) is 0 Å². The van der Waals surface area contributed by atoms with E-state index in [0.717, 1.165) is 19.4 Å². The summed E-state index contributed by atoms with van der Waals surface area (Å²) >= 11 is 0. The molecule has 16 heavy (non-hydrogen) atoms. The van der Waals surface area contributed by atoms with E-state index in [0.29, 0.717) is 12.6 Å². The molecule has 0 bridgehead atoms. The molecule has 0 heterocycles. The Bertz CT molecular complexity index is 202. The molecule has 0 aliphatic carbocycles. The molecule has 0 radical (unpaired) electrons. The smallest absolute Gasteiger partial charge is 0.319 e. The number of rotatable bonds is 9. The number of carbonyl (C=O) groups is 1. The summed E-state index contributed by atoms with van der Waals surface area (Å²) in [5.74, 6) is -0.153. The average molecular weight is 227 g/mol. The van der Waals surface area contributed by atoms with Crippen molar-refractivity contribution in [2.75, 3.05) is 20.2 Å². The molecule has 94 valence electrons. The molecule has 0 aliphatic rings. The van der Waals surface area contributed by atoms with Gasteiger partial charge in [0, 0.05) is 6.04 Å². The molecule has 0 spiro atoms. The molecule has 0 aromatic rings. The van der Waals surface area contributed by atoms with Gasteiger partial charge >= 0.3 is 5.97 Å². The first-order chi connectivity index (χ1) is 7.61. The van der Waals surface area contributed by atoms with E-state index in [2.05, 4.69) is 30.1 Å². The second-order valence-electron chi connectivity index (χ2n) is 4.28. The third-order valence-corrected chi connectivity index (χ3v) is 2.64. The standard InChI is InChI=1S/C13H25NO2/c1-5-6-7-8-9-10-14(12(2)3)11-13(15)16-4/h5,12H,1,6-11H2,2-4H3. The van der Waals surface area contributed by atoms with E-state index < -0.39 is 0 Å². The van der Waals surface area contributed by atoms with Crippen molar-refractivity contribution >= 4 is 5.97 Å². The summed E-state index contributed by atoms with van der Waals surface area (Å²) in [5, 5.41) is 0. The third-order valence-electron chi connectivity index (χ3n) is 2.64. The highest BCUT2D eigenvalue weighted by Crippen LogP contribution is 2.05. The lowest BCUT2D eigenvalue weighted by molar-refractivity contribution is -0.142. The number of carbonyl (C=O) groups excluding carboxylic acids is 1. The number of ether oxygens (including phenoxy) is 1. The average Bonchev–Trinajstić information content (AvgIpc) is 2.26. The Morgan fingerprint density at radius 2 is 2.06 bits per heavy atom. The Morgan fingerprint density at radius 1 is 1.38 bits per heavy atom. The van der Waals surface area contributed by atoms with Crippen molar-refractivity contribution < 1.29 is 9.53 Å². The summed E-state index contributed by atoms with van der Waals surface area (Å²) < 4.78 is 4.68. The molecule has 0 aromatic carbocycles. The quantitative estimate of drug-likeness (QED) is 0.344. The summed E-state index contributed by atoms with van der Waals surface area (Å²) in [6, 6.07) is 0.388. The molecule has 0 aliphatic heterocycles. The van der Waals surface area contributed by atoms with Crippen LogP contribution in [0.3, 0.4) is 0 Å². The van der Waals surface area contributed by atoms with E-state index in [1.54, 1.807) is 0 Å². The van der Waals surface area contributed by atoms with Crippen molar-refractivity contribution in [2.45, 2.75) is 45.6 Å². The summed E-state index contributed by atoms with van der Waals surface area (Å²) in [6.45, 7) is 9.27. The molecule has 0 unspecified atom stereocenters. The van der Waals surface area contributed by atoms with Crippen LogP contribution in [0.5, 0.6) is 0 Å². The van der Waals surface area contributed by atoms with Crippen LogP contribution >= 0.6 is 0 Å². The molecule has 3 heteroatoms. The van der Waals surface area contributed by atoms with Crippen molar-refractivity contribution in [2.24, 2.45) is 0 Å². The number of hydrogen-bond acceptors (Lipinski definition) is 3. The van der Waals surface area contributed by atoms with Crippen LogP contribution in [-0.2, 0) is 9.53 Å². The predicted octanol–water partition coefficient (Wildman–Crippen LogP) is 2.62. The molecular weight excluding hydrogens is 202 g/mol. The second-order valence-corrected chi connectivity index (χ2v) is 4.28. The second kappa shape index (κ2) is 9.40. The summed E-state index contributed by atoms with van der Waals surface area (Å²) in [7, 11) is 1.44. The van der Waals surface area contributed by atoms with Crippen LogP contribution in [0, 0.1) is 0 Å². The minimum absolute atomic E-state index is 0.153. The van der Waals surface area contributed by atoms with E-state index in [1.165, 1.54) is 20.0 Å². The molecular formula is C13H25NO2. The molecule has 0 saturated carbocycles. The van der Waals surface area contributed by atoms with Gasteiger partial charge in [-0.3, -0.25) is 9.69 Å². The van der Waals surface area contributed by atoms with Crippen molar-refractivity contribution in [1.29, 1.82) is 0 Å². The van der Waals surface area contributed by atoms with Crippen molar-refractivity contribution in [3.05, 3.63) is 12.7 Å². The summed E-state index contributed by atoms with van der Waals surface area (Å²) in [6.07, 6.45) is 6.54. The maximum atomic E-state index is 11.2. The first-order valence-electron chi connectivity index (χ1n) is 6.03. The highest BCUT2D eigenvalue weighted by molar-refractivity contribution is 5.71. The lowest BCUT2D eigenvalue weighted by Crippen LogP contribution is -2.36. The molecule has 0 fully saturated rings. The maximum Gasteiger partial charge on any atom is 0.319 e. The molecule has 0 aromatic heterocycles. The van der Waals surface area contributed by atoms with Crippen LogP contribution in [-0.4, -0.2) is 37.1 Å². The largest absolute Gasteiger partial charge is 0.468 e. The Kier molecular flexibility index (Phi) is 8.91. The van der Waals surface area contributed by atoms with Gasteiger partial charge in [-0.1, -0.05) is 12.5 Å². The van der Waals surface area contributed by atoms with Crippen LogP contribution in [0.15, 0.2) is 12.7 Å². The Hall–Kier alpha value is -0.830. The van der Waals surface area contributed by atoms with Crippen molar-refractivity contribution in [3.63, 3.8) is 0 Å². The zero-order chi connectivity index (χ0) is 12.4. The van der Waals surface area contributed by atoms with Gasteiger partial charge in [0.25, 0.3) is 0 Å². The lowest BCUT2D eigenvalue weighted by atomic mass is 10.1. The zero-order valence-electron chi connectivity index (χ0n) is 10.9. The number of methoxy groups -OCH3 is 1. The van der Waals surface area contributed by atoms with Gasteiger partial charge in [0.05, 0.1) is 13.7 Å². The van der Waals surface area contributed by atoms with Gasteiger partial charge in [-0.2, -0.15) is 0 Å². The van der Waals surface area contributed by atoms with Gasteiger partial charge in [-0.05, 0) is 39.7 Å². The van der Waals surface area contributed by atoms with E-state index in [4.69, 9.17) is 0 Å². The molecule has 0 rings (SSSR count). The van der Waals surface area contributed by atoms with E-state index >= 15 is 0 Å². The number of hydrogen-bond donors (Lipinski definition) is 0. The van der Waals surface area contributed by atoms with Gasteiger partial charge in [0.2, 0.25) is 0 Å². The highest BCUT2D eigenvalue weighted by atomic mass is 16.5. The Labute approximate surface area is 99.5 Å². The monoisotopic (exact) mass is 227 g/mol. The van der Waals surface area contributed by atoms with E-state index in [9.17, 15) is 4.79 Å². The van der Waals surface area contributed by atoms with Gasteiger partial charge < -0.3 is 4.74 Å². The van der Waals surface area contributed by atoms with Gasteiger partial charge in [-0.25, -0.2) is 0 Å². The predicted molar refractivity (Wildman–Crippen MR) is 67.4 cm³/mol. The van der Waals surface area contributed by atoms with Crippen LogP contribution < -0.4 is 0 Å². The van der Waals surface area contributed by atoms with Gasteiger partial charge in [-0.15, -0.1) is 6.58 Å². The van der Waals surface area contributed by atoms with Crippen LogP contribution in [0.2, 0.25) is 0 Å². The van der Waals surface area contributed by atoms with Crippen LogP contribution in [0.1, 0.15) is 39.5 Å². The molecule has 3 nitrogen and oxygen atoms in total. The fourth-order valence-electron chi connectivity index (χ4n) is 1.53. The van der Waals surface area contributed by atoms with Crippen LogP contribution in [0.4, 0.5) is 0 Å². The van der Waals surface area contributed by atoms with Crippen molar-refractivity contribution in [3.8, 4) is 0 Å². The minimum atomic E-state index is -0.153. The maximum absolute atomic E-state index is 11.2. The van der Waals surface area contributed by atoms with E-state index in [-0.39, 0.29) is 5.97 Å². The number of nitrogens with zero attached hydrogens (tertiary/aromatic N) is 1. The number of allylic oxidation sites excluding steroid dienone is 1. The Morgan fingerprint density at radius 3 is 2.56 bits per heavy atom. The first-order valence-corrected chi connectivity index (χ1v) is 6.03. The molecule has 0 N–H and O–H groups in total. The fourth-order valence-corrected chi connectivity index (χ4v) is 1.53. The lowest BCUT2D eigenvalue weighted by Gasteiger charge is -2.24. The molecule has 0 saturated heterocycles. The first kappa shape index (κ1) is 15.2. The fraction of sp³-hybridized carbons (Fsp3) is 0.769. The zero-order valence-corrected chi connectivity index (χ0v) is 10.9. The minimum Gasteiger partial charge on any atom is -0.468 e. The van der Waals surface area contributed by atoms with Gasteiger partial charge in [0.1, 0.15) is 0 Å². The SMILES string of the molecule is C=CCCCCCN(CC(=O)OC)C(C)C. The topological polar surface area (TPSA) is 29.5 Å². The van der Waals surface area contributed by atoms with E-state index in [1.807, 2.05) is 6.08 Å². The third kappa shape index (κ3) is 7.46. The molecule has 0 amide bonds. The Balaban J connectivity index is 3.76. The van der Waals surface area contributed by atoms with Crippen LogP contribution in [0.25, 0.3) is 0 Å². The number of unbranched alkanes of at least 4 members (excludes halogenated alkanes) is 3.